The zero-order valence-electron chi connectivity index (χ0n) is 25.6. The maximum absolute atomic E-state index is 14.3. The number of piperidine rings is 1. The number of carbonyl (C=O) groups excluding carboxylic acids is 1. The van der Waals surface area contributed by atoms with Crippen LogP contribution in [0.15, 0.2) is 53.7 Å². The molecule has 0 bridgehead atoms. The number of nitrogens with one attached hydrogen (secondary N) is 3. The van der Waals surface area contributed by atoms with Crippen LogP contribution >= 0.6 is 0 Å². The molecule has 4 rings (SSSR count). The van der Waals surface area contributed by atoms with Crippen LogP contribution in [0.4, 0.5) is 17.6 Å². The third-order valence-corrected chi connectivity index (χ3v) is 10.4. The standard InChI is InChI=1S/C32H41F4N5O3S/c1-3-23(7-10-28-20-38-12-14-41(28)45(43,44)40-13-4-11-32(35,36)21-40)30(19-37)39-31(42)18-29(24-5-8-26(33)9-6-24)25-15-22(2)16-27(34)17-25/h5-6,8-9,15-17,19,28-29,37-38H,3-4,7,10-14,18,20-21H2,1-2H3,(H,39,42)/b30-23-,37-19?/t28-,29-/m0/s1. The molecule has 0 saturated carbocycles. The van der Waals surface area contributed by atoms with Crippen LogP contribution in [0, 0.1) is 24.0 Å². The van der Waals surface area contributed by atoms with Crippen molar-refractivity contribution in [3.63, 3.8) is 0 Å². The van der Waals surface area contributed by atoms with E-state index in [0.717, 1.165) is 16.1 Å². The van der Waals surface area contributed by atoms with Gasteiger partial charge in [0.05, 0.1) is 12.2 Å². The number of benzene rings is 2. The summed E-state index contributed by atoms with van der Waals surface area (Å²) in [5.41, 5.74) is 2.87. The first-order valence-electron chi connectivity index (χ1n) is 15.2. The summed E-state index contributed by atoms with van der Waals surface area (Å²) < 4.78 is 85.2. The second kappa shape index (κ2) is 15.0. The summed E-state index contributed by atoms with van der Waals surface area (Å²) in [6, 6.07) is 9.69. The van der Waals surface area contributed by atoms with Crippen LogP contribution in [0.2, 0.25) is 0 Å². The average molecular weight is 652 g/mol. The molecular formula is C32H41F4N5O3S. The molecule has 13 heteroatoms. The van der Waals surface area contributed by atoms with Crippen LogP contribution in [0.1, 0.15) is 68.1 Å². The number of halogens is 4. The van der Waals surface area contributed by atoms with Gasteiger partial charge in [-0.1, -0.05) is 25.1 Å². The number of amides is 1. The maximum atomic E-state index is 14.3. The quantitative estimate of drug-likeness (QED) is 0.215. The fourth-order valence-electron chi connectivity index (χ4n) is 6.11. The van der Waals surface area contributed by atoms with Crippen LogP contribution in [0.3, 0.4) is 0 Å². The van der Waals surface area contributed by atoms with Crippen molar-refractivity contribution in [2.45, 2.75) is 70.3 Å². The Morgan fingerprint density at radius 3 is 2.51 bits per heavy atom. The van der Waals surface area contributed by atoms with Crippen LogP contribution in [0.5, 0.6) is 0 Å². The van der Waals surface area contributed by atoms with Crippen molar-refractivity contribution < 1.29 is 30.8 Å². The summed E-state index contributed by atoms with van der Waals surface area (Å²) in [7, 11) is -4.11. The number of hydrogen-bond acceptors (Lipinski definition) is 5. The van der Waals surface area contributed by atoms with E-state index in [-0.39, 0.29) is 38.0 Å². The molecule has 2 saturated heterocycles. The van der Waals surface area contributed by atoms with E-state index >= 15 is 0 Å². The number of piperazine rings is 1. The Hall–Kier alpha value is -3.13. The van der Waals surface area contributed by atoms with Gasteiger partial charge in [-0.25, -0.2) is 17.6 Å². The second-order valence-corrected chi connectivity index (χ2v) is 13.6. The zero-order chi connectivity index (χ0) is 32.8. The van der Waals surface area contributed by atoms with Gasteiger partial charge in [0.25, 0.3) is 16.1 Å². The van der Waals surface area contributed by atoms with Crippen LogP contribution < -0.4 is 10.6 Å². The van der Waals surface area contributed by atoms with E-state index in [2.05, 4.69) is 10.6 Å². The molecule has 2 atom stereocenters. The smallest absolute Gasteiger partial charge is 0.282 e. The summed E-state index contributed by atoms with van der Waals surface area (Å²) in [5.74, 6) is -4.95. The minimum absolute atomic E-state index is 0.0484. The van der Waals surface area contributed by atoms with E-state index in [1.807, 2.05) is 6.92 Å². The summed E-state index contributed by atoms with van der Waals surface area (Å²) in [5, 5.41) is 14.0. The Bertz CT molecular complexity index is 1480. The Morgan fingerprint density at radius 2 is 1.87 bits per heavy atom. The SMILES string of the molecule is CC/C(CC[C@H]1CNCCN1S(=O)(=O)N1CCCC(F)(F)C1)=C(\C=N)NC(=O)C[C@@H](c1ccc(F)cc1)c1cc(C)cc(F)c1. The molecule has 0 spiro atoms. The molecule has 3 N–H and O–H groups in total. The van der Waals surface area contributed by atoms with Crippen molar-refractivity contribution in [1.82, 2.24) is 19.2 Å². The number of alkyl halides is 2. The molecule has 8 nitrogen and oxygen atoms in total. The fraction of sp³-hybridized carbons (Fsp3) is 0.500. The highest BCUT2D eigenvalue weighted by atomic mass is 32.2. The highest BCUT2D eigenvalue weighted by Gasteiger charge is 2.44. The van der Waals surface area contributed by atoms with Crippen LogP contribution in [-0.4, -0.2) is 73.8 Å². The van der Waals surface area contributed by atoms with Gasteiger partial charge >= 0.3 is 0 Å². The summed E-state index contributed by atoms with van der Waals surface area (Å²) in [4.78, 5) is 13.4. The number of aryl methyl sites for hydroxylation is 1. The lowest BCUT2D eigenvalue weighted by Gasteiger charge is -2.40. The molecule has 2 aromatic carbocycles. The molecule has 2 fully saturated rings. The average Bonchev–Trinajstić information content (AvgIpc) is 2.99. The fourth-order valence-corrected chi connectivity index (χ4v) is 8.00. The van der Waals surface area contributed by atoms with Crippen molar-refractivity contribution in [3.8, 4) is 0 Å². The van der Waals surface area contributed by atoms with Gasteiger partial charge < -0.3 is 16.0 Å². The molecule has 246 valence electrons. The Kier molecular flexibility index (Phi) is 11.6. The van der Waals surface area contributed by atoms with Gasteiger partial charge in [-0.15, -0.1) is 0 Å². The maximum Gasteiger partial charge on any atom is 0.282 e. The van der Waals surface area contributed by atoms with Crippen molar-refractivity contribution >= 4 is 22.3 Å². The summed E-state index contributed by atoms with van der Waals surface area (Å²) in [6.07, 6.45) is 1.89. The van der Waals surface area contributed by atoms with Crippen molar-refractivity contribution in [2.75, 3.05) is 32.7 Å². The van der Waals surface area contributed by atoms with Crippen LogP contribution in [-0.2, 0) is 15.0 Å². The Balaban J connectivity index is 1.50. The van der Waals surface area contributed by atoms with Gasteiger partial charge in [-0.2, -0.15) is 17.0 Å². The predicted octanol–water partition coefficient (Wildman–Crippen LogP) is 5.25. The lowest BCUT2D eigenvalue weighted by molar-refractivity contribution is -0.120. The molecule has 1 amide bonds. The highest BCUT2D eigenvalue weighted by Crippen LogP contribution is 2.32. The normalized spacial score (nSPS) is 20.7. The van der Waals surface area contributed by atoms with E-state index in [0.29, 0.717) is 49.0 Å². The molecule has 0 unspecified atom stereocenters. The third-order valence-electron chi connectivity index (χ3n) is 8.41. The third kappa shape index (κ3) is 8.99. The molecule has 2 aliphatic rings. The lowest BCUT2D eigenvalue weighted by atomic mass is 9.87. The first-order valence-corrected chi connectivity index (χ1v) is 16.6. The van der Waals surface area contributed by atoms with Gasteiger partial charge in [-0.3, -0.25) is 4.79 Å². The molecule has 0 aliphatic carbocycles. The van der Waals surface area contributed by atoms with E-state index in [9.17, 15) is 30.8 Å². The van der Waals surface area contributed by atoms with Crippen LogP contribution in [0.25, 0.3) is 0 Å². The molecule has 2 aromatic rings. The first-order chi connectivity index (χ1) is 21.3. The van der Waals surface area contributed by atoms with E-state index < -0.39 is 52.2 Å². The van der Waals surface area contributed by atoms with Crippen molar-refractivity contribution in [1.29, 1.82) is 5.41 Å². The van der Waals surface area contributed by atoms with Crippen molar-refractivity contribution in [3.05, 3.63) is 82.1 Å². The number of allylic oxidation sites excluding steroid dienone is 2. The minimum atomic E-state index is -4.11. The monoisotopic (exact) mass is 651 g/mol. The summed E-state index contributed by atoms with van der Waals surface area (Å²) in [6.45, 7) is 3.73. The molecule has 2 heterocycles. The van der Waals surface area contributed by atoms with Gasteiger partial charge in [0.1, 0.15) is 11.6 Å². The Morgan fingerprint density at radius 1 is 1.13 bits per heavy atom. The lowest BCUT2D eigenvalue weighted by Crippen LogP contribution is -2.59. The Labute approximate surface area is 262 Å². The molecule has 0 aromatic heterocycles. The molecule has 2 aliphatic heterocycles. The number of hydrogen-bond donors (Lipinski definition) is 3. The summed E-state index contributed by atoms with van der Waals surface area (Å²) >= 11 is 0. The topological polar surface area (TPSA) is 106 Å². The van der Waals surface area contributed by atoms with Crippen molar-refractivity contribution in [2.24, 2.45) is 0 Å². The van der Waals surface area contributed by atoms with Gasteiger partial charge in [-0.05, 0) is 79.1 Å². The van der Waals surface area contributed by atoms with E-state index in [4.69, 9.17) is 5.41 Å². The molecule has 0 radical (unpaired) electrons. The van der Waals surface area contributed by atoms with Gasteiger partial charge in [0, 0.05) is 57.2 Å². The van der Waals surface area contributed by atoms with Gasteiger partial charge in [0.2, 0.25) is 5.91 Å². The van der Waals surface area contributed by atoms with Gasteiger partial charge in [0.15, 0.2) is 0 Å². The minimum Gasteiger partial charge on any atom is -0.325 e. The first kappa shape index (κ1) is 34.7. The number of carbonyl (C=O) groups is 1. The largest absolute Gasteiger partial charge is 0.325 e. The van der Waals surface area contributed by atoms with E-state index in [1.165, 1.54) is 28.6 Å². The molecule has 45 heavy (non-hydrogen) atoms. The molecular weight excluding hydrogens is 610 g/mol. The number of nitrogens with zero attached hydrogens (tertiary/aromatic N) is 2. The number of rotatable bonds is 12. The van der Waals surface area contributed by atoms with E-state index in [1.54, 1.807) is 25.1 Å². The zero-order valence-corrected chi connectivity index (χ0v) is 26.4. The predicted molar refractivity (Wildman–Crippen MR) is 166 cm³/mol. The highest BCUT2D eigenvalue weighted by molar-refractivity contribution is 7.86. The second-order valence-electron chi connectivity index (χ2n) is 11.7.